The smallest absolute Gasteiger partial charge is 0.0422 e. The molecule has 0 saturated carbocycles. The highest BCUT2D eigenvalue weighted by Crippen LogP contribution is 2.29. The molecule has 3 rings (SSSR count). The summed E-state index contributed by atoms with van der Waals surface area (Å²) in [5.41, 5.74) is 13.3. The average molecular weight is 279 g/mol. The van der Waals surface area contributed by atoms with Gasteiger partial charge in [-0.25, -0.2) is 0 Å². The van der Waals surface area contributed by atoms with Crippen molar-refractivity contribution in [3.63, 3.8) is 0 Å². The summed E-state index contributed by atoms with van der Waals surface area (Å²) >= 11 is 0. The maximum atomic E-state index is 6.67. The molecular weight excluding hydrogens is 254 g/mol. The van der Waals surface area contributed by atoms with Crippen LogP contribution in [-0.4, -0.2) is 0 Å². The second-order valence-corrected chi connectivity index (χ2v) is 6.71. The van der Waals surface area contributed by atoms with Crippen LogP contribution in [0, 0.1) is 6.92 Å². The van der Waals surface area contributed by atoms with E-state index < -0.39 is 0 Å². The molecule has 2 aromatic carbocycles. The molecule has 0 amide bonds. The van der Waals surface area contributed by atoms with E-state index in [0.29, 0.717) is 0 Å². The molecule has 110 valence electrons. The molecule has 0 saturated heterocycles. The molecule has 1 unspecified atom stereocenters. The Morgan fingerprint density at radius 3 is 2.48 bits per heavy atom. The van der Waals surface area contributed by atoms with Crippen LogP contribution < -0.4 is 5.73 Å². The first-order chi connectivity index (χ1) is 10.1. The molecule has 0 aliphatic heterocycles. The highest BCUT2D eigenvalue weighted by Gasteiger charge is 2.23. The highest BCUT2D eigenvalue weighted by molar-refractivity contribution is 5.38. The summed E-state index contributed by atoms with van der Waals surface area (Å²) in [5, 5.41) is 0. The summed E-state index contributed by atoms with van der Waals surface area (Å²) in [5.74, 6) is 0. The van der Waals surface area contributed by atoms with Crippen LogP contribution in [0.3, 0.4) is 0 Å². The molecular formula is C20H25N. The third-order valence-electron chi connectivity index (χ3n) is 4.83. The van der Waals surface area contributed by atoms with E-state index in [-0.39, 0.29) is 5.54 Å². The minimum absolute atomic E-state index is 0.307. The van der Waals surface area contributed by atoms with Crippen molar-refractivity contribution in [2.75, 3.05) is 0 Å². The monoisotopic (exact) mass is 279 g/mol. The van der Waals surface area contributed by atoms with Gasteiger partial charge in [0.15, 0.2) is 0 Å². The van der Waals surface area contributed by atoms with E-state index in [1.807, 2.05) is 0 Å². The van der Waals surface area contributed by atoms with Gasteiger partial charge in [0.1, 0.15) is 0 Å². The van der Waals surface area contributed by atoms with Gasteiger partial charge < -0.3 is 5.73 Å². The molecule has 0 aromatic heterocycles. The zero-order valence-corrected chi connectivity index (χ0v) is 13.2. The molecule has 2 N–H and O–H groups in total. The number of rotatable bonds is 3. The fourth-order valence-electron chi connectivity index (χ4n) is 3.39. The van der Waals surface area contributed by atoms with Crippen molar-refractivity contribution in [2.24, 2.45) is 5.73 Å². The van der Waals surface area contributed by atoms with Gasteiger partial charge in [0.25, 0.3) is 0 Å². The van der Waals surface area contributed by atoms with Crippen molar-refractivity contribution in [3.8, 4) is 0 Å². The Labute approximate surface area is 128 Å². The lowest BCUT2D eigenvalue weighted by atomic mass is 9.82. The largest absolute Gasteiger partial charge is 0.321 e. The lowest BCUT2D eigenvalue weighted by molar-refractivity contribution is 0.489. The minimum Gasteiger partial charge on any atom is -0.321 e. The van der Waals surface area contributed by atoms with Gasteiger partial charge in [0.2, 0.25) is 0 Å². The summed E-state index contributed by atoms with van der Waals surface area (Å²) in [6.45, 7) is 4.32. The maximum absolute atomic E-state index is 6.67. The molecule has 1 aliphatic carbocycles. The van der Waals surface area contributed by atoms with Gasteiger partial charge in [-0.05, 0) is 73.8 Å². The van der Waals surface area contributed by atoms with Crippen LogP contribution in [-0.2, 0) is 24.8 Å². The molecule has 0 fully saturated rings. The molecule has 21 heavy (non-hydrogen) atoms. The van der Waals surface area contributed by atoms with Crippen molar-refractivity contribution < 1.29 is 0 Å². The minimum atomic E-state index is -0.307. The van der Waals surface area contributed by atoms with Gasteiger partial charge in [-0.2, -0.15) is 0 Å². The van der Waals surface area contributed by atoms with Gasteiger partial charge >= 0.3 is 0 Å². The third-order valence-corrected chi connectivity index (χ3v) is 4.83. The number of hydrogen-bond donors (Lipinski definition) is 1. The molecule has 1 nitrogen and oxygen atoms in total. The second kappa shape index (κ2) is 5.65. The fraction of sp³-hybridized carbons (Fsp3) is 0.400. The van der Waals surface area contributed by atoms with E-state index >= 15 is 0 Å². The predicted octanol–water partition coefficient (Wildman–Crippen LogP) is 4.29. The van der Waals surface area contributed by atoms with Gasteiger partial charge in [0, 0.05) is 5.54 Å². The van der Waals surface area contributed by atoms with Crippen LogP contribution >= 0.6 is 0 Å². The van der Waals surface area contributed by atoms with Crippen molar-refractivity contribution >= 4 is 0 Å². The van der Waals surface area contributed by atoms with Gasteiger partial charge in [-0.15, -0.1) is 0 Å². The molecule has 0 radical (unpaired) electrons. The van der Waals surface area contributed by atoms with E-state index in [4.69, 9.17) is 5.73 Å². The Balaban J connectivity index is 1.89. The molecule has 0 bridgehead atoms. The first kappa shape index (κ1) is 14.3. The van der Waals surface area contributed by atoms with Crippen molar-refractivity contribution in [1.82, 2.24) is 0 Å². The topological polar surface area (TPSA) is 26.0 Å². The van der Waals surface area contributed by atoms with Crippen LogP contribution in [0.2, 0.25) is 0 Å². The van der Waals surface area contributed by atoms with Crippen molar-refractivity contribution in [2.45, 2.75) is 51.5 Å². The predicted molar refractivity (Wildman–Crippen MR) is 89.5 cm³/mol. The standard InChI is InChI=1S/C20H25N/c1-15-7-3-4-10-18(15)14-20(2,21)19-12-11-16-8-5-6-9-17(16)13-19/h3-4,7,10-13H,5-6,8-9,14,21H2,1-2H3. The molecule has 1 heteroatoms. The Kier molecular flexibility index (Phi) is 3.86. The Hall–Kier alpha value is -1.60. The number of benzene rings is 2. The van der Waals surface area contributed by atoms with Crippen LogP contribution in [0.25, 0.3) is 0 Å². The van der Waals surface area contributed by atoms with Crippen molar-refractivity contribution in [1.29, 1.82) is 0 Å². The molecule has 1 atom stereocenters. The molecule has 2 aromatic rings. The van der Waals surface area contributed by atoms with E-state index in [2.05, 4.69) is 56.3 Å². The zero-order valence-electron chi connectivity index (χ0n) is 13.2. The van der Waals surface area contributed by atoms with Crippen LogP contribution in [0.5, 0.6) is 0 Å². The third kappa shape index (κ3) is 3.03. The first-order valence-corrected chi connectivity index (χ1v) is 8.02. The number of fused-ring (bicyclic) bond motifs is 1. The van der Waals surface area contributed by atoms with Crippen LogP contribution in [0.4, 0.5) is 0 Å². The first-order valence-electron chi connectivity index (χ1n) is 8.02. The van der Waals surface area contributed by atoms with Gasteiger partial charge in [-0.3, -0.25) is 0 Å². The molecule has 1 aliphatic rings. The SMILES string of the molecule is Cc1ccccc1CC(C)(N)c1ccc2c(c1)CCCC2. The van der Waals surface area contributed by atoms with Gasteiger partial charge in [0.05, 0.1) is 0 Å². The normalized spacial score (nSPS) is 17.1. The highest BCUT2D eigenvalue weighted by atomic mass is 14.7. The van der Waals surface area contributed by atoms with E-state index in [1.165, 1.54) is 53.5 Å². The van der Waals surface area contributed by atoms with Gasteiger partial charge in [-0.1, -0.05) is 42.5 Å². The summed E-state index contributed by atoms with van der Waals surface area (Å²) in [6.07, 6.45) is 5.97. The summed E-state index contributed by atoms with van der Waals surface area (Å²) in [6, 6.07) is 15.4. The lowest BCUT2D eigenvalue weighted by Crippen LogP contribution is -2.36. The quantitative estimate of drug-likeness (QED) is 0.891. The van der Waals surface area contributed by atoms with E-state index in [0.717, 1.165) is 6.42 Å². The van der Waals surface area contributed by atoms with Crippen LogP contribution in [0.15, 0.2) is 42.5 Å². The maximum Gasteiger partial charge on any atom is 0.0422 e. The summed E-state index contributed by atoms with van der Waals surface area (Å²) < 4.78 is 0. The average Bonchev–Trinajstić information content (AvgIpc) is 2.49. The summed E-state index contributed by atoms with van der Waals surface area (Å²) in [4.78, 5) is 0. The van der Waals surface area contributed by atoms with E-state index in [1.54, 1.807) is 0 Å². The Morgan fingerprint density at radius 2 is 1.71 bits per heavy atom. The molecule has 0 spiro atoms. The zero-order chi connectivity index (χ0) is 14.9. The molecule has 0 heterocycles. The number of nitrogens with two attached hydrogens (primary N) is 1. The lowest BCUT2D eigenvalue weighted by Gasteiger charge is -2.28. The number of aryl methyl sites for hydroxylation is 3. The second-order valence-electron chi connectivity index (χ2n) is 6.71. The summed E-state index contributed by atoms with van der Waals surface area (Å²) in [7, 11) is 0. The Morgan fingerprint density at radius 1 is 1.00 bits per heavy atom. The van der Waals surface area contributed by atoms with Crippen LogP contribution in [0.1, 0.15) is 47.6 Å². The Bertz CT molecular complexity index is 640. The van der Waals surface area contributed by atoms with E-state index in [9.17, 15) is 0 Å². The van der Waals surface area contributed by atoms with Crippen molar-refractivity contribution in [3.05, 3.63) is 70.3 Å². The number of hydrogen-bond acceptors (Lipinski definition) is 1. The fourth-order valence-corrected chi connectivity index (χ4v) is 3.39.